The summed E-state index contributed by atoms with van der Waals surface area (Å²) in [5.74, 6) is -5.15. The molecule has 0 radical (unpaired) electrons. The zero-order valence-corrected chi connectivity index (χ0v) is 27.2. The number of ether oxygens (including phenoxy) is 1. The molecule has 1 saturated carbocycles. The van der Waals surface area contributed by atoms with Gasteiger partial charge < -0.3 is 9.64 Å². The molecule has 0 N–H and O–H groups in total. The smallest absolute Gasteiger partial charge is 0.316 e. The van der Waals surface area contributed by atoms with Gasteiger partial charge in [0, 0.05) is 18.4 Å². The number of hydrogen-bond acceptors (Lipinski definition) is 5. The van der Waals surface area contributed by atoms with E-state index in [1.54, 1.807) is 11.8 Å². The number of rotatable bonds is 4. The highest BCUT2D eigenvalue weighted by Gasteiger charge is 2.87. The number of esters is 1. The number of anilines is 2. The van der Waals surface area contributed by atoms with Gasteiger partial charge in [0.05, 0.1) is 39.2 Å². The van der Waals surface area contributed by atoms with Gasteiger partial charge in [-0.05, 0) is 42.1 Å². The van der Waals surface area contributed by atoms with Crippen LogP contribution in [-0.4, -0.2) is 44.3 Å². The minimum absolute atomic E-state index is 0.000813. The van der Waals surface area contributed by atoms with Gasteiger partial charge in [-0.25, -0.2) is 4.90 Å². The average Bonchev–Trinajstić information content (AvgIpc) is 3.58. The van der Waals surface area contributed by atoms with Crippen molar-refractivity contribution in [1.29, 1.82) is 0 Å². The summed E-state index contributed by atoms with van der Waals surface area (Å²) in [4.78, 5) is 52.3. The molecule has 7 rings (SSSR count). The number of aryl methyl sites for hydroxylation is 1. The fraction of sp³-hybridized carbons (Fsp3) is 0.290. The van der Waals surface area contributed by atoms with Crippen LogP contribution < -0.4 is 14.5 Å². The van der Waals surface area contributed by atoms with E-state index in [0.29, 0.717) is 5.56 Å². The van der Waals surface area contributed by atoms with E-state index >= 15 is 0 Å². The summed E-state index contributed by atoms with van der Waals surface area (Å²) in [7, 11) is 0. The van der Waals surface area contributed by atoms with Crippen LogP contribution in [0.25, 0.3) is 10.8 Å². The van der Waals surface area contributed by atoms with Gasteiger partial charge in [0.1, 0.15) is 15.5 Å². The van der Waals surface area contributed by atoms with Crippen molar-refractivity contribution in [3.63, 3.8) is 0 Å². The quantitative estimate of drug-likeness (QED) is 0.125. The fourth-order valence-corrected chi connectivity index (χ4v) is 9.85. The Morgan fingerprint density at radius 1 is 0.841 bits per heavy atom. The standard InChI is InChI=1S/C31H20Cl6N2O5/c1-14-11-17(44-28(43)16-12-21(40)38(13-16)20-8-4-6-15-5-2-3-7-18(15)20)9-10-19(14)39-26(41)22-23(27(39)42)30(35)25(33)24(32)29(22,34)31(30,36)37/h2-11,16,22-23H,12-13H2,1H3/t16-,22-,23+,29-,30-/m1/s1. The lowest BCUT2D eigenvalue weighted by atomic mass is 9.84. The third kappa shape index (κ3) is 3.71. The second-order valence-corrected chi connectivity index (χ2v) is 14.6. The fourth-order valence-electron chi connectivity index (χ4n) is 6.92. The number of imide groups is 1. The summed E-state index contributed by atoms with van der Waals surface area (Å²) < 4.78 is 3.63. The van der Waals surface area contributed by atoms with Crippen LogP contribution in [0.3, 0.4) is 0 Å². The van der Waals surface area contributed by atoms with Gasteiger partial charge in [0.2, 0.25) is 17.7 Å². The first-order chi connectivity index (χ1) is 20.7. The van der Waals surface area contributed by atoms with Crippen LogP contribution in [0.15, 0.2) is 70.7 Å². The van der Waals surface area contributed by atoms with Gasteiger partial charge >= 0.3 is 5.97 Å². The molecule has 5 atom stereocenters. The van der Waals surface area contributed by atoms with Gasteiger partial charge in [0.15, 0.2) is 4.33 Å². The molecule has 0 unspecified atom stereocenters. The molecule has 2 aliphatic carbocycles. The second kappa shape index (κ2) is 9.99. The first-order valence-corrected chi connectivity index (χ1v) is 15.8. The highest BCUT2D eigenvalue weighted by atomic mass is 35.5. The monoisotopic (exact) mass is 710 g/mol. The molecular weight excluding hydrogens is 693 g/mol. The molecule has 4 aliphatic rings. The molecule has 7 nitrogen and oxygen atoms in total. The molecule has 3 aromatic carbocycles. The second-order valence-electron chi connectivity index (χ2n) is 11.4. The molecule has 0 aromatic heterocycles. The molecule has 2 saturated heterocycles. The van der Waals surface area contributed by atoms with Crippen LogP contribution in [0.5, 0.6) is 5.75 Å². The Labute approximate surface area is 281 Å². The first-order valence-electron chi connectivity index (χ1n) is 13.5. The molecule has 2 heterocycles. The van der Waals surface area contributed by atoms with Gasteiger partial charge in [-0.2, -0.15) is 0 Å². The Morgan fingerprint density at radius 2 is 1.45 bits per heavy atom. The normalized spacial score (nSPS) is 30.6. The minimum atomic E-state index is -2.03. The van der Waals surface area contributed by atoms with Crippen molar-refractivity contribution in [1.82, 2.24) is 0 Å². The highest BCUT2D eigenvalue weighted by molar-refractivity contribution is 6.67. The van der Waals surface area contributed by atoms with E-state index in [4.69, 9.17) is 74.3 Å². The molecule has 2 aliphatic heterocycles. The lowest BCUT2D eigenvalue weighted by Gasteiger charge is -2.34. The number of allylic oxidation sites excluding steroid dienone is 2. The number of nitrogens with zero attached hydrogens (tertiary/aromatic N) is 2. The summed E-state index contributed by atoms with van der Waals surface area (Å²) in [5, 5.41) is 1.55. The third-order valence-electron chi connectivity index (χ3n) is 9.05. The molecular formula is C31H20Cl6N2O5. The van der Waals surface area contributed by atoms with Crippen LogP contribution in [0.2, 0.25) is 0 Å². The maximum Gasteiger partial charge on any atom is 0.316 e. The van der Waals surface area contributed by atoms with Crippen molar-refractivity contribution >= 4 is 115 Å². The van der Waals surface area contributed by atoms with E-state index in [9.17, 15) is 19.2 Å². The summed E-state index contributed by atoms with van der Waals surface area (Å²) in [6.45, 7) is 1.82. The van der Waals surface area contributed by atoms with Gasteiger partial charge in [-0.3, -0.25) is 19.2 Å². The Kier molecular flexibility index (Phi) is 6.84. The molecule has 226 valence electrons. The van der Waals surface area contributed by atoms with Crippen LogP contribution >= 0.6 is 69.6 Å². The lowest BCUT2D eigenvalue weighted by molar-refractivity contribution is -0.139. The molecule has 3 amide bonds. The predicted molar refractivity (Wildman–Crippen MR) is 171 cm³/mol. The van der Waals surface area contributed by atoms with Gasteiger partial charge in [-0.15, -0.1) is 23.2 Å². The number of carbonyl (C=O) groups excluding carboxylic acids is 4. The summed E-state index contributed by atoms with van der Waals surface area (Å²) in [6, 6.07) is 17.9. The number of benzene rings is 3. The number of alkyl halides is 4. The number of amides is 3. The maximum atomic E-state index is 13.7. The number of carbonyl (C=O) groups is 4. The largest absolute Gasteiger partial charge is 0.426 e. The van der Waals surface area contributed by atoms with E-state index in [2.05, 4.69) is 0 Å². The Balaban J connectivity index is 1.11. The van der Waals surface area contributed by atoms with E-state index in [0.717, 1.165) is 21.4 Å². The summed E-state index contributed by atoms with van der Waals surface area (Å²) in [5.41, 5.74) is 1.41. The average molecular weight is 713 g/mol. The van der Waals surface area contributed by atoms with Crippen molar-refractivity contribution in [2.75, 3.05) is 16.3 Å². The van der Waals surface area contributed by atoms with Crippen molar-refractivity contribution in [2.45, 2.75) is 27.4 Å². The van der Waals surface area contributed by atoms with Crippen LogP contribution in [0, 0.1) is 24.7 Å². The first kappa shape index (κ1) is 30.2. The van der Waals surface area contributed by atoms with Crippen LogP contribution in [0.1, 0.15) is 12.0 Å². The summed E-state index contributed by atoms with van der Waals surface area (Å²) >= 11 is 39.5. The minimum Gasteiger partial charge on any atom is -0.426 e. The third-order valence-corrected chi connectivity index (χ3v) is 13.3. The molecule has 13 heteroatoms. The topological polar surface area (TPSA) is 84.0 Å². The Bertz CT molecular complexity index is 1830. The van der Waals surface area contributed by atoms with E-state index in [-0.39, 0.29) is 40.4 Å². The van der Waals surface area contributed by atoms with Gasteiger partial charge in [0.25, 0.3) is 0 Å². The van der Waals surface area contributed by atoms with Crippen molar-refractivity contribution in [3.8, 4) is 5.75 Å². The number of fused-ring (bicyclic) bond motifs is 6. The molecule has 3 fully saturated rings. The molecule has 44 heavy (non-hydrogen) atoms. The van der Waals surface area contributed by atoms with E-state index < -0.39 is 49.6 Å². The van der Waals surface area contributed by atoms with Gasteiger partial charge in [-0.1, -0.05) is 82.8 Å². The highest BCUT2D eigenvalue weighted by Crippen LogP contribution is 2.77. The van der Waals surface area contributed by atoms with E-state index in [1.165, 1.54) is 18.2 Å². The van der Waals surface area contributed by atoms with Crippen molar-refractivity contribution < 1.29 is 23.9 Å². The van der Waals surface area contributed by atoms with E-state index in [1.807, 2.05) is 42.5 Å². The van der Waals surface area contributed by atoms with Crippen molar-refractivity contribution in [3.05, 3.63) is 76.3 Å². The SMILES string of the molecule is Cc1cc(OC(=O)[C@@H]2CC(=O)N(c3cccc4ccccc34)C2)ccc1N1C(=O)[C@@H]2[C@H](C1=O)[C@@]1(Cl)C(Cl)=C(Cl)[C@@]2(Cl)C1(Cl)Cl. The molecule has 3 aromatic rings. The summed E-state index contributed by atoms with van der Waals surface area (Å²) in [6.07, 6.45) is 0.000813. The number of hydrogen-bond donors (Lipinski definition) is 0. The number of halogens is 6. The Hall–Kier alpha value is -2.52. The molecule has 2 bridgehead atoms. The predicted octanol–water partition coefficient (Wildman–Crippen LogP) is 7.06. The zero-order chi connectivity index (χ0) is 31.5. The van der Waals surface area contributed by atoms with Crippen LogP contribution in [-0.2, 0) is 19.2 Å². The molecule has 0 spiro atoms. The Morgan fingerprint density at radius 3 is 2.09 bits per heavy atom. The maximum absolute atomic E-state index is 13.7. The lowest BCUT2D eigenvalue weighted by Crippen LogP contribution is -2.50. The van der Waals surface area contributed by atoms with Crippen molar-refractivity contribution in [2.24, 2.45) is 17.8 Å². The zero-order valence-electron chi connectivity index (χ0n) is 22.6. The van der Waals surface area contributed by atoms with Crippen LogP contribution in [0.4, 0.5) is 11.4 Å².